The average Bonchev–Trinajstić information content (AvgIpc) is 2.05. The largest absolute Gasteiger partial charge is 0.481 e. The summed E-state index contributed by atoms with van der Waals surface area (Å²) in [6.07, 6.45) is 5.36. The molecular weight excluding hydrogens is 132 g/mol. The first-order valence-electron chi connectivity index (χ1n) is 2.89. The monoisotopic (exact) mass is 142 g/mol. The maximum Gasteiger partial charge on any atom is 0.207 e. The molecule has 0 atom stereocenters. The van der Waals surface area contributed by atoms with Crippen LogP contribution in [0.3, 0.4) is 0 Å². The van der Waals surface area contributed by atoms with Crippen LogP contribution in [0, 0.1) is 0 Å². The van der Waals surface area contributed by atoms with Gasteiger partial charge in [-0.25, -0.2) is 5.43 Å². The number of methoxy groups -OCH3 is 1. The van der Waals surface area contributed by atoms with Crippen molar-refractivity contribution in [2.45, 2.75) is 0 Å². The Labute approximate surface area is 59.6 Å². The van der Waals surface area contributed by atoms with Crippen molar-refractivity contribution in [1.82, 2.24) is 10.6 Å². The fourth-order valence-electron chi connectivity index (χ4n) is 0.612. The Kier molecular flexibility index (Phi) is 2.17. The molecule has 1 aliphatic heterocycles. The first-order valence-corrected chi connectivity index (χ1v) is 2.89. The predicted molar refractivity (Wildman–Crippen MR) is 36.2 cm³/mol. The smallest absolute Gasteiger partial charge is 0.207 e. The van der Waals surface area contributed by atoms with Crippen LogP contribution in [0.4, 0.5) is 0 Å². The summed E-state index contributed by atoms with van der Waals surface area (Å²) in [6.45, 7) is 0. The van der Waals surface area contributed by atoms with Crippen LogP contribution >= 0.6 is 0 Å². The number of allylic oxidation sites excluding steroid dienone is 2. The lowest BCUT2D eigenvalue weighted by atomic mass is 10.5. The second kappa shape index (κ2) is 3.12. The standard InChI is InChI=1S/C6H10N2O2/c1-9-6-4-3-5-8(7-6)10-2/h3-5,7H,1-2H3. The Bertz CT molecular complexity index is 165. The zero-order valence-corrected chi connectivity index (χ0v) is 6.00. The van der Waals surface area contributed by atoms with Crippen molar-refractivity contribution in [2.75, 3.05) is 14.2 Å². The van der Waals surface area contributed by atoms with Gasteiger partial charge in [0.25, 0.3) is 0 Å². The number of nitrogens with one attached hydrogen (secondary N) is 1. The molecule has 0 aliphatic carbocycles. The van der Waals surface area contributed by atoms with Gasteiger partial charge in [-0.05, 0) is 6.08 Å². The Morgan fingerprint density at radius 2 is 2.30 bits per heavy atom. The van der Waals surface area contributed by atoms with Gasteiger partial charge in [0.1, 0.15) is 0 Å². The number of hydrogen-bond donors (Lipinski definition) is 1. The van der Waals surface area contributed by atoms with Gasteiger partial charge in [-0.2, -0.15) is 5.17 Å². The van der Waals surface area contributed by atoms with E-state index in [0.29, 0.717) is 5.88 Å². The maximum absolute atomic E-state index is 4.90. The molecule has 0 bridgehead atoms. The summed E-state index contributed by atoms with van der Waals surface area (Å²) in [7, 11) is 3.15. The highest BCUT2D eigenvalue weighted by Crippen LogP contribution is 2.00. The van der Waals surface area contributed by atoms with E-state index in [4.69, 9.17) is 9.57 Å². The van der Waals surface area contributed by atoms with Gasteiger partial charge in [-0.3, -0.25) is 4.84 Å². The zero-order valence-electron chi connectivity index (χ0n) is 6.00. The van der Waals surface area contributed by atoms with Crippen molar-refractivity contribution >= 4 is 0 Å². The topological polar surface area (TPSA) is 33.7 Å². The number of ether oxygens (including phenoxy) is 1. The van der Waals surface area contributed by atoms with Crippen molar-refractivity contribution in [1.29, 1.82) is 0 Å². The summed E-state index contributed by atoms with van der Waals surface area (Å²) in [5.74, 6) is 0.657. The lowest BCUT2D eigenvalue weighted by Gasteiger charge is -2.22. The van der Waals surface area contributed by atoms with E-state index >= 15 is 0 Å². The summed E-state index contributed by atoms with van der Waals surface area (Å²) in [4.78, 5) is 4.84. The quantitative estimate of drug-likeness (QED) is 0.604. The first kappa shape index (κ1) is 6.95. The SMILES string of the molecule is COC1=CC=CN(OC)N1. The maximum atomic E-state index is 4.90. The van der Waals surface area contributed by atoms with Gasteiger partial charge < -0.3 is 4.74 Å². The number of rotatable bonds is 2. The molecule has 0 radical (unpaired) electrons. The summed E-state index contributed by atoms with van der Waals surface area (Å²) < 4.78 is 4.90. The van der Waals surface area contributed by atoms with Crippen LogP contribution in [0.5, 0.6) is 0 Å². The van der Waals surface area contributed by atoms with E-state index < -0.39 is 0 Å². The van der Waals surface area contributed by atoms with Crippen molar-refractivity contribution in [3.8, 4) is 0 Å². The predicted octanol–water partition coefficient (Wildman–Crippen LogP) is 0.369. The molecule has 4 nitrogen and oxygen atoms in total. The van der Waals surface area contributed by atoms with Crippen molar-refractivity contribution in [2.24, 2.45) is 0 Å². The van der Waals surface area contributed by atoms with Gasteiger partial charge >= 0.3 is 0 Å². The molecule has 0 unspecified atom stereocenters. The molecule has 0 aromatic heterocycles. The van der Waals surface area contributed by atoms with E-state index in [1.165, 1.54) is 5.17 Å². The summed E-state index contributed by atoms with van der Waals surface area (Å²) >= 11 is 0. The molecule has 0 spiro atoms. The third-order valence-corrected chi connectivity index (χ3v) is 1.11. The van der Waals surface area contributed by atoms with Crippen LogP contribution in [0.25, 0.3) is 0 Å². The highest BCUT2D eigenvalue weighted by molar-refractivity contribution is 5.08. The third-order valence-electron chi connectivity index (χ3n) is 1.11. The molecule has 0 aromatic carbocycles. The second-order valence-corrected chi connectivity index (χ2v) is 1.70. The molecule has 0 amide bonds. The molecule has 10 heavy (non-hydrogen) atoms. The molecule has 0 fully saturated rings. The van der Waals surface area contributed by atoms with Crippen LogP contribution in [-0.2, 0) is 9.57 Å². The van der Waals surface area contributed by atoms with E-state index in [2.05, 4.69) is 5.43 Å². The van der Waals surface area contributed by atoms with Gasteiger partial charge in [0.05, 0.1) is 20.4 Å². The Hall–Kier alpha value is -1.16. The summed E-state index contributed by atoms with van der Waals surface area (Å²) in [6, 6.07) is 0. The molecule has 4 heteroatoms. The van der Waals surface area contributed by atoms with E-state index in [0.717, 1.165) is 0 Å². The van der Waals surface area contributed by atoms with Crippen LogP contribution in [0.1, 0.15) is 0 Å². The summed E-state index contributed by atoms with van der Waals surface area (Å²) in [5.41, 5.74) is 2.82. The minimum atomic E-state index is 0.657. The van der Waals surface area contributed by atoms with Gasteiger partial charge in [-0.15, -0.1) is 0 Å². The molecule has 1 N–H and O–H groups in total. The molecule has 0 saturated carbocycles. The minimum absolute atomic E-state index is 0.657. The highest BCUT2D eigenvalue weighted by atomic mass is 16.7. The summed E-state index contributed by atoms with van der Waals surface area (Å²) in [5, 5.41) is 1.44. The first-order chi connectivity index (χ1) is 4.86. The fraction of sp³-hybridized carbons (Fsp3) is 0.333. The molecule has 1 heterocycles. The van der Waals surface area contributed by atoms with E-state index in [1.54, 1.807) is 26.5 Å². The van der Waals surface area contributed by atoms with Crippen molar-refractivity contribution in [3.05, 3.63) is 24.2 Å². The lowest BCUT2D eigenvalue weighted by Crippen LogP contribution is -2.33. The van der Waals surface area contributed by atoms with Gasteiger partial charge in [-0.1, -0.05) is 0 Å². The normalized spacial score (nSPS) is 16.2. The lowest BCUT2D eigenvalue weighted by molar-refractivity contribution is -0.132. The minimum Gasteiger partial charge on any atom is -0.481 e. The molecule has 0 aromatic rings. The average molecular weight is 142 g/mol. The van der Waals surface area contributed by atoms with Crippen molar-refractivity contribution in [3.63, 3.8) is 0 Å². The number of hydrazine groups is 1. The van der Waals surface area contributed by atoms with Gasteiger partial charge in [0, 0.05) is 6.08 Å². The van der Waals surface area contributed by atoms with E-state index in [-0.39, 0.29) is 0 Å². The van der Waals surface area contributed by atoms with Crippen molar-refractivity contribution < 1.29 is 9.57 Å². The second-order valence-electron chi connectivity index (χ2n) is 1.70. The molecular formula is C6H10N2O2. The van der Waals surface area contributed by atoms with E-state index in [1.807, 2.05) is 6.08 Å². The molecule has 0 saturated heterocycles. The van der Waals surface area contributed by atoms with Crippen LogP contribution in [-0.4, -0.2) is 19.4 Å². The van der Waals surface area contributed by atoms with Crippen LogP contribution in [0.15, 0.2) is 24.2 Å². The Balaban J connectivity index is 2.50. The Morgan fingerprint density at radius 1 is 1.50 bits per heavy atom. The third kappa shape index (κ3) is 1.41. The zero-order chi connectivity index (χ0) is 7.40. The van der Waals surface area contributed by atoms with Gasteiger partial charge in [0.2, 0.25) is 5.88 Å². The highest BCUT2D eigenvalue weighted by Gasteiger charge is 2.02. The number of nitrogens with zero attached hydrogens (tertiary/aromatic N) is 1. The number of hydrogen-bond acceptors (Lipinski definition) is 4. The fourth-order valence-corrected chi connectivity index (χ4v) is 0.612. The van der Waals surface area contributed by atoms with E-state index in [9.17, 15) is 0 Å². The molecule has 56 valence electrons. The van der Waals surface area contributed by atoms with Gasteiger partial charge in [0.15, 0.2) is 0 Å². The van der Waals surface area contributed by atoms with Crippen LogP contribution in [0.2, 0.25) is 0 Å². The Morgan fingerprint density at radius 3 is 2.90 bits per heavy atom. The molecule has 1 aliphatic rings. The van der Waals surface area contributed by atoms with Crippen LogP contribution < -0.4 is 5.43 Å². The molecule has 1 rings (SSSR count). The number of hydroxylamine groups is 1.